The molecular weight excluding hydrogens is 306 g/mol. The summed E-state index contributed by atoms with van der Waals surface area (Å²) in [5, 5.41) is 0. The van der Waals surface area contributed by atoms with Crippen molar-refractivity contribution in [1.29, 1.82) is 0 Å². The number of piperazine rings is 1. The van der Waals surface area contributed by atoms with E-state index in [-0.39, 0.29) is 17.7 Å². The zero-order chi connectivity index (χ0) is 17.1. The second-order valence-corrected chi connectivity index (χ2v) is 6.32. The highest BCUT2D eigenvalue weighted by Gasteiger charge is 2.36. The van der Waals surface area contributed by atoms with Crippen LogP contribution < -0.4 is 9.64 Å². The van der Waals surface area contributed by atoms with Crippen molar-refractivity contribution in [3.8, 4) is 5.75 Å². The van der Waals surface area contributed by atoms with Crippen LogP contribution in [0.15, 0.2) is 24.3 Å². The molecule has 0 N–H and O–H groups in total. The average molecular weight is 331 g/mol. The smallest absolute Gasteiger partial charge is 0.228 e. The Bertz CT molecular complexity index is 611. The Morgan fingerprint density at radius 2 is 1.92 bits per heavy atom. The zero-order valence-electron chi connectivity index (χ0n) is 14.4. The molecule has 0 saturated carbocycles. The lowest BCUT2D eigenvalue weighted by atomic mass is 10.1. The monoisotopic (exact) mass is 331 g/mol. The molecule has 6 nitrogen and oxygen atoms in total. The van der Waals surface area contributed by atoms with E-state index in [1.807, 2.05) is 36.1 Å². The van der Waals surface area contributed by atoms with E-state index in [9.17, 15) is 9.59 Å². The molecular formula is C18H25N3O3. The molecule has 0 spiro atoms. The Balaban J connectivity index is 1.59. The second kappa shape index (κ2) is 7.11. The molecule has 6 heteroatoms. The Morgan fingerprint density at radius 3 is 2.54 bits per heavy atom. The third-order valence-corrected chi connectivity index (χ3v) is 4.96. The maximum atomic E-state index is 12.7. The van der Waals surface area contributed by atoms with E-state index in [1.54, 1.807) is 12.0 Å². The van der Waals surface area contributed by atoms with Crippen LogP contribution in [0.1, 0.15) is 13.3 Å². The van der Waals surface area contributed by atoms with Crippen LogP contribution in [-0.2, 0) is 9.59 Å². The number of para-hydroxylation sites is 2. The van der Waals surface area contributed by atoms with E-state index < -0.39 is 0 Å². The van der Waals surface area contributed by atoms with Crippen LogP contribution in [0.25, 0.3) is 0 Å². The lowest BCUT2D eigenvalue weighted by Gasteiger charge is -2.37. The number of carbonyl (C=O) groups is 2. The number of nitrogens with zero attached hydrogens (tertiary/aromatic N) is 3. The molecule has 0 radical (unpaired) electrons. The highest BCUT2D eigenvalue weighted by Crippen LogP contribution is 2.29. The Morgan fingerprint density at radius 1 is 1.21 bits per heavy atom. The van der Waals surface area contributed by atoms with Gasteiger partial charge in [-0.3, -0.25) is 9.59 Å². The van der Waals surface area contributed by atoms with Crippen LogP contribution in [0, 0.1) is 5.92 Å². The predicted octanol–water partition coefficient (Wildman–Crippen LogP) is 1.21. The summed E-state index contributed by atoms with van der Waals surface area (Å²) in [7, 11) is 1.68. The minimum absolute atomic E-state index is 0.100. The summed E-state index contributed by atoms with van der Waals surface area (Å²) in [4.78, 5) is 30.4. The SMILES string of the molecule is CCN1C[C@H](C(=O)N2CCN(c3ccccc3OC)CC2)CC1=O. The summed E-state index contributed by atoms with van der Waals surface area (Å²) in [5.74, 6) is 0.912. The van der Waals surface area contributed by atoms with Crippen molar-refractivity contribution in [3.63, 3.8) is 0 Å². The molecule has 2 amide bonds. The molecule has 2 fully saturated rings. The zero-order valence-corrected chi connectivity index (χ0v) is 14.4. The van der Waals surface area contributed by atoms with E-state index in [0.29, 0.717) is 32.6 Å². The lowest BCUT2D eigenvalue weighted by molar-refractivity contribution is -0.136. The first kappa shape index (κ1) is 16.6. The summed E-state index contributed by atoms with van der Waals surface area (Å²) >= 11 is 0. The van der Waals surface area contributed by atoms with Crippen LogP contribution in [-0.4, -0.2) is 68.0 Å². The van der Waals surface area contributed by atoms with Crippen molar-refractivity contribution >= 4 is 17.5 Å². The fourth-order valence-electron chi connectivity index (χ4n) is 3.56. The Labute approximate surface area is 143 Å². The van der Waals surface area contributed by atoms with E-state index in [1.165, 1.54) is 0 Å². The van der Waals surface area contributed by atoms with Crippen molar-refractivity contribution in [2.75, 3.05) is 51.3 Å². The molecule has 2 saturated heterocycles. The number of rotatable bonds is 4. The van der Waals surface area contributed by atoms with E-state index in [2.05, 4.69) is 4.90 Å². The number of likely N-dealkylation sites (tertiary alicyclic amines) is 1. The van der Waals surface area contributed by atoms with Gasteiger partial charge in [0.1, 0.15) is 5.75 Å². The van der Waals surface area contributed by atoms with E-state index >= 15 is 0 Å². The summed E-state index contributed by atoms with van der Waals surface area (Å²) in [6.45, 7) is 6.15. The second-order valence-electron chi connectivity index (χ2n) is 6.32. The molecule has 130 valence electrons. The Hall–Kier alpha value is -2.24. The molecule has 0 unspecified atom stereocenters. The standard InChI is InChI=1S/C18H25N3O3/c1-3-19-13-14(12-17(19)22)18(23)21-10-8-20(9-11-21)15-6-4-5-7-16(15)24-2/h4-7,14H,3,8-13H2,1-2H3/t14-/m1/s1. The quantitative estimate of drug-likeness (QED) is 0.832. The van der Waals surface area contributed by atoms with Crippen LogP contribution in [0.3, 0.4) is 0 Å². The maximum absolute atomic E-state index is 12.7. The molecule has 0 aliphatic carbocycles. The third kappa shape index (κ3) is 3.18. The van der Waals surface area contributed by atoms with Gasteiger partial charge in [-0.15, -0.1) is 0 Å². The number of anilines is 1. The first-order valence-corrected chi connectivity index (χ1v) is 8.58. The lowest BCUT2D eigenvalue weighted by Crippen LogP contribution is -2.50. The van der Waals surface area contributed by atoms with Gasteiger partial charge in [-0.25, -0.2) is 0 Å². The highest BCUT2D eigenvalue weighted by atomic mass is 16.5. The summed E-state index contributed by atoms with van der Waals surface area (Å²) in [6.07, 6.45) is 0.361. The van der Waals surface area contributed by atoms with Gasteiger partial charge in [0, 0.05) is 45.7 Å². The molecule has 1 atom stereocenters. The molecule has 1 aromatic rings. The summed E-state index contributed by atoms with van der Waals surface area (Å²) in [5.41, 5.74) is 1.07. The third-order valence-electron chi connectivity index (χ3n) is 4.96. The molecule has 3 rings (SSSR count). The Kier molecular flexibility index (Phi) is 4.92. The highest BCUT2D eigenvalue weighted by molar-refractivity contribution is 5.89. The first-order chi connectivity index (χ1) is 11.6. The van der Waals surface area contributed by atoms with Crippen molar-refractivity contribution in [2.24, 2.45) is 5.92 Å². The van der Waals surface area contributed by atoms with Gasteiger partial charge in [0.25, 0.3) is 0 Å². The van der Waals surface area contributed by atoms with Gasteiger partial charge in [-0.05, 0) is 19.1 Å². The molecule has 0 bridgehead atoms. The number of amides is 2. The largest absolute Gasteiger partial charge is 0.495 e. The van der Waals surface area contributed by atoms with Crippen LogP contribution >= 0.6 is 0 Å². The van der Waals surface area contributed by atoms with Gasteiger partial charge < -0.3 is 19.4 Å². The molecule has 1 aromatic carbocycles. The van der Waals surface area contributed by atoms with Gasteiger partial charge in [0.05, 0.1) is 18.7 Å². The van der Waals surface area contributed by atoms with Crippen LogP contribution in [0.5, 0.6) is 5.75 Å². The van der Waals surface area contributed by atoms with Gasteiger partial charge in [0.15, 0.2) is 0 Å². The summed E-state index contributed by atoms with van der Waals surface area (Å²) < 4.78 is 5.42. The molecule has 0 aromatic heterocycles. The topological polar surface area (TPSA) is 53.1 Å². The number of hydrogen-bond acceptors (Lipinski definition) is 4. The fourth-order valence-corrected chi connectivity index (χ4v) is 3.56. The number of benzene rings is 1. The molecule has 2 heterocycles. The average Bonchev–Trinajstić information content (AvgIpc) is 3.02. The molecule has 2 aliphatic rings. The van der Waals surface area contributed by atoms with Crippen molar-refractivity contribution in [1.82, 2.24) is 9.80 Å². The first-order valence-electron chi connectivity index (χ1n) is 8.58. The van der Waals surface area contributed by atoms with Crippen LogP contribution in [0.2, 0.25) is 0 Å². The normalized spacial score (nSPS) is 21.3. The van der Waals surface area contributed by atoms with Crippen LogP contribution in [0.4, 0.5) is 5.69 Å². The maximum Gasteiger partial charge on any atom is 0.228 e. The minimum Gasteiger partial charge on any atom is -0.495 e. The fraction of sp³-hybridized carbons (Fsp3) is 0.556. The van der Waals surface area contributed by atoms with Crippen molar-refractivity contribution < 1.29 is 14.3 Å². The van der Waals surface area contributed by atoms with Crippen molar-refractivity contribution in [2.45, 2.75) is 13.3 Å². The van der Waals surface area contributed by atoms with Gasteiger partial charge in [-0.2, -0.15) is 0 Å². The number of ether oxygens (including phenoxy) is 1. The van der Waals surface area contributed by atoms with Crippen molar-refractivity contribution in [3.05, 3.63) is 24.3 Å². The molecule has 24 heavy (non-hydrogen) atoms. The van der Waals surface area contributed by atoms with Gasteiger partial charge in [0.2, 0.25) is 11.8 Å². The number of hydrogen-bond donors (Lipinski definition) is 0. The summed E-state index contributed by atoms with van der Waals surface area (Å²) in [6, 6.07) is 7.96. The van der Waals surface area contributed by atoms with Gasteiger partial charge >= 0.3 is 0 Å². The van der Waals surface area contributed by atoms with E-state index in [0.717, 1.165) is 24.5 Å². The van der Waals surface area contributed by atoms with Gasteiger partial charge in [-0.1, -0.05) is 12.1 Å². The predicted molar refractivity (Wildman–Crippen MR) is 92.1 cm³/mol. The molecule has 2 aliphatic heterocycles. The minimum atomic E-state index is -0.171. The number of methoxy groups -OCH3 is 1. The van der Waals surface area contributed by atoms with E-state index in [4.69, 9.17) is 4.74 Å². The number of carbonyl (C=O) groups excluding carboxylic acids is 2.